The van der Waals surface area contributed by atoms with E-state index < -0.39 is 0 Å². The van der Waals surface area contributed by atoms with Gasteiger partial charge in [-0.2, -0.15) is 0 Å². The van der Waals surface area contributed by atoms with Gasteiger partial charge in [-0.25, -0.2) is 0 Å². The van der Waals surface area contributed by atoms with Crippen molar-refractivity contribution < 1.29 is 14.2 Å². The van der Waals surface area contributed by atoms with E-state index in [9.17, 15) is 0 Å². The number of hydrogen-bond donors (Lipinski definition) is 1. The summed E-state index contributed by atoms with van der Waals surface area (Å²) in [5.41, 5.74) is 6.80. The van der Waals surface area contributed by atoms with Gasteiger partial charge in [0.1, 0.15) is 17.2 Å². The van der Waals surface area contributed by atoms with E-state index in [1.165, 1.54) is 0 Å². The minimum Gasteiger partial charge on any atom is -0.496 e. The number of nitrogens with zero attached hydrogens (tertiary/aromatic N) is 1. The summed E-state index contributed by atoms with van der Waals surface area (Å²) in [7, 11) is 6.93. The molecular formula is C14H24N2O3. The zero-order valence-electron chi connectivity index (χ0n) is 12.4. The summed E-state index contributed by atoms with van der Waals surface area (Å²) in [6.45, 7) is 3.50. The van der Waals surface area contributed by atoms with Crippen LogP contribution < -0.4 is 19.9 Å². The highest BCUT2D eigenvalue weighted by Gasteiger charge is 2.15. The molecule has 0 amide bonds. The first-order chi connectivity index (χ1) is 9.01. The monoisotopic (exact) mass is 268 g/mol. The Labute approximate surface area is 115 Å². The lowest BCUT2D eigenvalue weighted by atomic mass is 10.1. The highest BCUT2D eigenvalue weighted by atomic mass is 16.5. The van der Waals surface area contributed by atoms with Crippen LogP contribution in [0.15, 0.2) is 12.1 Å². The minimum absolute atomic E-state index is 0.125. The van der Waals surface area contributed by atoms with Crippen molar-refractivity contribution in [3.8, 4) is 17.2 Å². The first-order valence-electron chi connectivity index (χ1n) is 6.24. The van der Waals surface area contributed by atoms with Crippen LogP contribution >= 0.6 is 0 Å². The number of rotatable bonds is 7. The summed E-state index contributed by atoms with van der Waals surface area (Å²) in [4.78, 5) is 2.14. The summed E-state index contributed by atoms with van der Waals surface area (Å²) < 4.78 is 16.1. The molecule has 0 aliphatic rings. The first-order valence-corrected chi connectivity index (χ1v) is 6.24. The third-order valence-electron chi connectivity index (χ3n) is 2.84. The molecule has 0 aliphatic carbocycles. The summed E-state index contributed by atoms with van der Waals surface area (Å²) in [5, 5.41) is 0. The largest absolute Gasteiger partial charge is 0.496 e. The summed E-state index contributed by atoms with van der Waals surface area (Å²) in [6.07, 6.45) is 0. The van der Waals surface area contributed by atoms with Gasteiger partial charge in [0.15, 0.2) is 0 Å². The van der Waals surface area contributed by atoms with Gasteiger partial charge in [-0.1, -0.05) is 0 Å². The van der Waals surface area contributed by atoms with Gasteiger partial charge in [0.25, 0.3) is 0 Å². The molecule has 0 heterocycles. The second-order valence-corrected chi connectivity index (χ2v) is 4.68. The fourth-order valence-electron chi connectivity index (χ4n) is 2.06. The minimum atomic E-state index is 0.125. The molecule has 0 radical (unpaired) electrons. The van der Waals surface area contributed by atoms with Crippen LogP contribution in [0, 0.1) is 0 Å². The quantitative estimate of drug-likeness (QED) is 0.812. The van der Waals surface area contributed by atoms with Gasteiger partial charge in [-0.15, -0.1) is 0 Å². The normalized spacial score (nSPS) is 12.4. The molecule has 0 fully saturated rings. The Bertz CT molecular complexity index is 383. The van der Waals surface area contributed by atoms with Crippen molar-refractivity contribution in [2.24, 2.45) is 5.73 Å². The van der Waals surface area contributed by atoms with E-state index in [4.69, 9.17) is 19.9 Å². The van der Waals surface area contributed by atoms with E-state index >= 15 is 0 Å². The Morgan fingerprint density at radius 3 is 2.00 bits per heavy atom. The molecule has 108 valence electrons. The van der Waals surface area contributed by atoms with Gasteiger partial charge in [0.2, 0.25) is 0 Å². The maximum atomic E-state index is 5.81. The van der Waals surface area contributed by atoms with Gasteiger partial charge in [-0.05, 0) is 14.0 Å². The maximum Gasteiger partial charge on any atom is 0.130 e. The fraction of sp³-hybridized carbons (Fsp3) is 0.571. The molecule has 1 atom stereocenters. The predicted molar refractivity (Wildman–Crippen MR) is 76.1 cm³/mol. The average Bonchev–Trinajstić information content (AvgIpc) is 2.37. The third kappa shape index (κ3) is 4.29. The standard InChI is InChI=1S/C14H24N2O3/c1-10(15)8-16(2)9-12-13(18-4)6-11(17-3)7-14(12)19-5/h6-7,10H,8-9,15H2,1-5H3. The number of benzene rings is 1. The maximum absolute atomic E-state index is 5.81. The van der Waals surface area contributed by atoms with Crippen LogP contribution in [0.1, 0.15) is 12.5 Å². The summed E-state index contributed by atoms with van der Waals surface area (Å²) >= 11 is 0. The van der Waals surface area contributed by atoms with E-state index in [1.807, 2.05) is 26.1 Å². The second-order valence-electron chi connectivity index (χ2n) is 4.68. The molecule has 5 nitrogen and oxygen atoms in total. The van der Waals surface area contributed by atoms with Gasteiger partial charge >= 0.3 is 0 Å². The van der Waals surface area contributed by atoms with Crippen molar-refractivity contribution in [3.63, 3.8) is 0 Å². The topological polar surface area (TPSA) is 57.0 Å². The molecule has 0 spiro atoms. The van der Waals surface area contributed by atoms with Crippen LogP contribution in [0.4, 0.5) is 0 Å². The molecule has 0 aliphatic heterocycles. The van der Waals surface area contributed by atoms with Crippen LogP contribution in [0.25, 0.3) is 0 Å². The van der Waals surface area contributed by atoms with E-state index in [0.717, 1.165) is 23.6 Å². The highest BCUT2D eigenvalue weighted by molar-refractivity contribution is 5.50. The van der Waals surface area contributed by atoms with Crippen molar-refractivity contribution in [1.82, 2.24) is 4.90 Å². The molecule has 0 saturated heterocycles. The van der Waals surface area contributed by atoms with Gasteiger partial charge in [-0.3, -0.25) is 0 Å². The van der Waals surface area contributed by atoms with Crippen LogP contribution in [0.5, 0.6) is 17.2 Å². The molecule has 0 saturated carbocycles. The second kappa shape index (κ2) is 7.21. The number of ether oxygens (including phenoxy) is 3. The predicted octanol–water partition coefficient (Wildman–Crippen LogP) is 1.49. The third-order valence-corrected chi connectivity index (χ3v) is 2.84. The lowest BCUT2D eigenvalue weighted by molar-refractivity contribution is 0.292. The molecule has 1 aromatic carbocycles. The van der Waals surface area contributed by atoms with Crippen molar-refractivity contribution in [1.29, 1.82) is 0 Å². The summed E-state index contributed by atoms with van der Waals surface area (Å²) in [6, 6.07) is 3.84. The SMILES string of the molecule is COc1cc(OC)c(CN(C)CC(C)N)c(OC)c1. The molecule has 19 heavy (non-hydrogen) atoms. The molecule has 0 aromatic heterocycles. The zero-order chi connectivity index (χ0) is 14.4. The lowest BCUT2D eigenvalue weighted by Crippen LogP contribution is -2.32. The van der Waals surface area contributed by atoms with E-state index in [1.54, 1.807) is 21.3 Å². The fourth-order valence-corrected chi connectivity index (χ4v) is 2.06. The lowest BCUT2D eigenvalue weighted by Gasteiger charge is -2.22. The molecular weight excluding hydrogens is 244 g/mol. The van der Waals surface area contributed by atoms with Crippen molar-refractivity contribution in [3.05, 3.63) is 17.7 Å². The Kier molecular flexibility index (Phi) is 5.92. The van der Waals surface area contributed by atoms with Crippen LogP contribution in [-0.2, 0) is 6.54 Å². The zero-order valence-corrected chi connectivity index (χ0v) is 12.4. The van der Waals surface area contributed by atoms with Gasteiger partial charge in [0, 0.05) is 31.3 Å². The van der Waals surface area contributed by atoms with Crippen LogP contribution in [-0.4, -0.2) is 45.9 Å². The number of likely N-dealkylation sites (N-methyl/N-ethyl adjacent to an activating group) is 1. The molecule has 0 bridgehead atoms. The molecule has 1 aromatic rings. The number of methoxy groups -OCH3 is 3. The summed E-state index contributed by atoms with van der Waals surface area (Å²) in [5.74, 6) is 2.23. The Morgan fingerprint density at radius 2 is 1.63 bits per heavy atom. The van der Waals surface area contributed by atoms with Crippen LogP contribution in [0.3, 0.4) is 0 Å². The smallest absolute Gasteiger partial charge is 0.130 e. The molecule has 1 unspecified atom stereocenters. The van der Waals surface area contributed by atoms with E-state index in [0.29, 0.717) is 12.3 Å². The number of hydrogen-bond acceptors (Lipinski definition) is 5. The average molecular weight is 268 g/mol. The Balaban J connectivity index is 3.03. The van der Waals surface area contributed by atoms with Crippen LogP contribution in [0.2, 0.25) is 0 Å². The van der Waals surface area contributed by atoms with E-state index in [2.05, 4.69) is 4.90 Å². The van der Waals surface area contributed by atoms with E-state index in [-0.39, 0.29) is 6.04 Å². The number of nitrogens with two attached hydrogens (primary N) is 1. The Morgan fingerprint density at radius 1 is 1.11 bits per heavy atom. The molecule has 2 N–H and O–H groups in total. The van der Waals surface area contributed by atoms with Gasteiger partial charge in [0.05, 0.1) is 26.9 Å². The Hall–Kier alpha value is -1.46. The first kappa shape index (κ1) is 15.6. The highest BCUT2D eigenvalue weighted by Crippen LogP contribution is 2.34. The van der Waals surface area contributed by atoms with Crippen molar-refractivity contribution in [2.45, 2.75) is 19.5 Å². The molecule has 1 rings (SSSR count). The van der Waals surface area contributed by atoms with Gasteiger partial charge < -0.3 is 24.8 Å². The molecule has 5 heteroatoms. The van der Waals surface area contributed by atoms with Crippen molar-refractivity contribution in [2.75, 3.05) is 34.9 Å². The van der Waals surface area contributed by atoms with Crippen molar-refractivity contribution >= 4 is 0 Å².